The number of aliphatic hydroxyl groups is 1. The van der Waals surface area contributed by atoms with Crippen LogP contribution in [0.2, 0.25) is 5.02 Å². The predicted molar refractivity (Wildman–Crippen MR) is 59.1 cm³/mol. The van der Waals surface area contributed by atoms with Crippen LogP contribution in [-0.2, 0) is 0 Å². The smallest absolute Gasteiger partial charge is 0.0813 e. The summed E-state index contributed by atoms with van der Waals surface area (Å²) in [5, 5.41) is 10.4. The summed E-state index contributed by atoms with van der Waals surface area (Å²) in [6.07, 6.45) is 0.184. The van der Waals surface area contributed by atoms with Gasteiger partial charge in [-0.05, 0) is 25.0 Å². The summed E-state index contributed by atoms with van der Waals surface area (Å²) in [7, 11) is 0. The minimum Gasteiger partial charge on any atom is -0.388 e. The van der Waals surface area contributed by atoms with Crippen LogP contribution in [0.4, 0.5) is 0 Å². The highest BCUT2D eigenvalue weighted by Crippen LogP contribution is 2.34. The molecule has 3 heteroatoms. The minimum absolute atomic E-state index is 0.484. The lowest BCUT2D eigenvalue weighted by molar-refractivity contribution is 0.173. The number of benzene rings is 1. The van der Waals surface area contributed by atoms with E-state index in [2.05, 4.69) is 15.9 Å². The van der Waals surface area contributed by atoms with Gasteiger partial charge in [-0.2, -0.15) is 0 Å². The molecule has 1 N–H and O–H groups in total. The molecule has 0 aliphatic heterocycles. The summed E-state index contributed by atoms with van der Waals surface area (Å²) in [5.74, 6) is 0. The van der Waals surface area contributed by atoms with Gasteiger partial charge in [-0.3, -0.25) is 0 Å². The second-order valence-electron chi connectivity index (χ2n) is 3.02. The SMILES string of the molecule is CCC(O)c1c(Br)ccc(C)c1Cl. The van der Waals surface area contributed by atoms with Crippen LogP contribution in [-0.4, -0.2) is 5.11 Å². The lowest BCUT2D eigenvalue weighted by atomic mass is 10.0. The largest absolute Gasteiger partial charge is 0.388 e. The highest BCUT2D eigenvalue weighted by Gasteiger charge is 2.14. The van der Waals surface area contributed by atoms with Crippen LogP contribution in [0, 0.1) is 6.92 Å². The van der Waals surface area contributed by atoms with Gasteiger partial charge in [-0.15, -0.1) is 0 Å². The Morgan fingerprint density at radius 1 is 1.54 bits per heavy atom. The van der Waals surface area contributed by atoms with E-state index < -0.39 is 6.10 Å². The summed E-state index contributed by atoms with van der Waals surface area (Å²) >= 11 is 9.46. The number of aliphatic hydroxyl groups excluding tert-OH is 1. The lowest BCUT2D eigenvalue weighted by Crippen LogP contribution is -1.98. The van der Waals surface area contributed by atoms with E-state index in [1.165, 1.54) is 0 Å². The third kappa shape index (κ3) is 2.25. The van der Waals surface area contributed by atoms with Crippen molar-refractivity contribution in [3.8, 4) is 0 Å². The van der Waals surface area contributed by atoms with Crippen molar-refractivity contribution in [2.75, 3.05) is 0 Å². The number of hydrogen-bond acceptors (Lipinski definition) is 1. The van der Waals surface area contributed by atoms with Crippen LogP contribution in [0.1, 0.15) is 30.6 Å². The van der Waals surface area contributed by atoms with E-state index in [9.17, 15) is 5.11 Å². The summed E-state index contributed by atoms with van der Waals surface area (Å²) in [5.41, 5.74) is 1.79. The molecule has 1 aromatic rings. The van der Waals surface area contributed by atoms with Crippen molar-refractivity contribution >= 4 is 27.5 Å². The molecule has 0 radical (unpaired) electrons. The molecule has 0 saturated carbocycles. The quantitative estimate of drug-likeness (QED) is 0.859. The Morgan fingerprint density at radius 2 is 2.15 bits per heavy atom. The van der Waals surface area contributed by atoms with Gasteiger partial charge in [0.25, 0.3) is 0 Å². The van der Waals surface area contributed by atoms with Gasteiger partial charge in [0.15, 0.2) is 0 Å². The summed E-state index contributed by atoms with van der Waals surface area (Å²) in [4.78, 5) is 0. The molecule has 0 spiro atoms. The number of rotatable bonds is 2. The van der Waals surface area contributed by atoms with Crippen molar-refractivity contribution in [2.45, 2.75) is 26.4 Å². The first-order valence-electron chi connectivity index (χ1n) is 4.20. The third-order valence-electron chi connectivity index (χ3n) is 2.04. The molecule has 0 aromatic heterocycles. The molecule has 0 fully saturated rings. The van der Waals surface area contributed by atoms with Gasteiger partial charge in [0.2, 0.25) is 0 Å². The predicted octanol–water partition coefficient (Wildman–Crippen LogP) is 3.85. The van der Waals surface area contributed by atoms with Gasteiger partial charge in [0.1, 0.15) is 0 Å². The van der Waals surface area contributed by atoms with E-state index in [0.29, 0.717) is 11.4 Å². The molecule has 0 bridgehead atoms. The van der Waals surface area contributed by atoms with Gasteiger partial charge in [0, 0.05) is 10.0 Å². The van der Waals surface area contributed by atoms with Gasteiger partial charge in [0.05, 0.1) is 11.1 Å². The van der Waals surface area contributed by atoms with Crippen LogP contribution in [0.5, 0.6) is 0 Å². The van der Waals surface area contributed by atoms with E-state index in [4.69, 9.17) is 11.6 Å². The zero-order chi connectivity index (χ0) is 10.0. The fourth-order valence-electron chi connectivity index (χ4n) is 1.19. The lowest BCUT2D eigenvalue weighted by Gasteiger charge is -2.14. The second kappa shape index (κ2) is 4.45. The maximum absolute atomic E-state index is 9.70. The Balaban J connectivity index is 3.25. The van der Waals surface area contributed by atoms with Crippen molar-refractivity contribution in [3.05, 3.63) is 32.8 Å². The van der Waals surface area contributed by atoms with Crippen molar-refractivity contribution in [3.63, 3.8) is 0 Å². The molecule has 13 heavy (non-hydrogen) atoms. The minimum atomic E-state index is -0.484. The van der Waals surface area contributed by atoms with Gasteiger partial charge in [-0.1, -0.05) is 40.5 Å². The highest BCUT2D eigenvalue weighted by molar-refractivity contribution is 9.10. The first kappa shape index (κ1) is 11.0. The van der Waals surface area contributed by atoms with Gasteiger partial charge in [-0.25, -0.2) is 0 Å². The fraction of sp³-hybridized carbons (Fsp3) is 0.400. The van der Waals surface area contributed by atoms with E-state index in [0.717, 1.165) is 15.6 Å². The topological polar surface area (TPSA) is 20.2 Å². The molecular formula is C10H12BrClO. The maximum Gasteiger partial charge on any atom is 0.0813 e. The Hall–Kier alpha value is -0.0500. The van der Waals surface area contributed by atoms with E-state index in [1.807, 2.05) is 26.0 Å². The Morgan fingerprint density at radius 3 is 2.69 bits per heavy atom. The zero-order valence-corrected chi connectivity index (χ0v) is 9.98. The molecule has 72 valence electrons. The molecule has 0 saturated heterocycles. The Bertz CT molecular complexity index is 312. The van der Waals surface area contributed by atoms with Crippen LogP contribution in [0.25, 0.3) is 0 Å². The molecule has 0 amide bonds. The Labute approximate surface area is 91.9 Å². The first-order chi connectivity index (χ1) is 6.07. The number of hydrogen-bond donors (Lipinski definition) is 1. The van der Waals surface area contributed by atoms with E-state index in [1.54, 1.807) is 0 Å². The van der Waals surface area contributed by atoms with Crippen molar-refractivity contribution in [2.24, 2.45) is 0 Å². The summed E-state index contributed by atoms with van der Waals surface area (Å²) in [6, 6.07) is 3.84. The average molecular weight is 264 g/mol. The van der Waals surface area contributed by atoms with Gasteiger partial charge < -0.3 is 5.11 Å². The maximum atomic E-state index is 9.70. The second-order valence-corrected chi connectivity index (χ2v) is 4.25. The van der Waals surface area contributed by atoms with E-state index >= 15 is 0 Å². The third-order valence-corrected chi connectivity index (χ3v) is 3.23. The summed E-state index contributed by atoms with van der Waals surface area (Å²) < 4.78 is 0.873. The zero-order valence-electron chi connectivity index (χ0n) is 7.64. The fourth-order valence-corrected chi connectivity index (χ4v) is 2.19. The molecule has 1 rings (SSSR count). The molecule has 1 aromatic carbocycles. The van der Waals surface area contributed by atoms with E-state index in [-0.39, 0.29) is 0 Å². The molecule has 0 aliphatic carbocycles. The van der Waals surface area contributed by atoms with Crippen LogP contribution >= 0.6 is 27.5 Å². The first-order valence-corrected chi connectivity index (χ1v) is 5.37. The molecule has 1 atom stereocenters. The molecule has 0 heterocycles. The number of halogens is 2. The van der Waals surface area contributed by atoms with Crippen molar-refractivity contribution in [1.82, 2.24) is 0 Å². The molecule has 0 aliphatic rings. The Kier molecular flexibility index (Phi) is 3.77. The average Bonchev–Trinajstić information content (AvgIpc) is 2.12. The van der Waals surface area contributed by atoms with Gasteiger partial charge >= 0.3 is 0 Å². The van der Waals surface area contributed by atoms with Crippen molar-refractivity contribution < 1.29 is 5.11 Å². The van der Waals surface area contributed by atoms with Crippen LogP contribution in [0.15, 0.2) is 16.6 Å². The van der Waals surface area contributed by atoms with Crippen LogP contribution < -0.4 is 0 Å². The number of aryl methyl sites for hydroxylation is 1. The highest BCUT2D eigenvalue weighted by atomic mass is 79.9. The summed E-state index contributed by atoms with van der Waals surface area (Å²) in [6.45, 7) is 3.86. The normalized spacial score (nSPS) is 13.0. The molecular weight excluding hydrogens is 251 g/mol. The molecule has 1 nitrogen and oxygen atoms in total. The van der Waals surface area contributed by atoms with Crippen molar-refractivity contribution in [1.29, 1.82) is 0 Å². The standard InChI is InChI=1S/C10H12BrClO/c1-3-8(13)9-7(11)5-4-6(2)10(9)12/h4-5,8,13H,3H2,1-2H3. The molecule has 1 unspecified atom stereocenters. The monoisotopic (exact) mass is 262 g/mol. The van der Waals surface area contributed by atoms with Crippen LogP contribution in [0.3, 0.4) is 0 Å².